The first-order chi connectivity index (χ1) is 11.1. The number of hydrogen-bond donors (Lipinski definition) is 1. The topological polar surface area (TPSA) is 76.7 Å². The Morgan fingerprint density at radius 2 is 1.74 bits per heavy atom. The fourth-order valence-corrected chi connectivity index (χ4v) is 2.07. The van der Waals surface area contributed by atoms with E-state index in [2.05, 4.69) is 5.32 Å². The van der Waals surface area contributed by atoms with E-state index in [4.69, 9.17) is 5.26 Å². The molecule has 0 radical (unpaired) electrons. The van der Waals surface area contributed by atoms with Crippen molar-refractivity contribution < 1.29 is 4.79 Å². The summed E-state index contributed by atoms with van der Waals surface area (Å²) in [5.74, 6) is -0.423. The molecule has 112 valence electrons. The number of nitrogens with one attached hydrogen (secondary N) is 1. The van der Waals surface area contributed by atoms with Crippen LogP contribution in [0.4, 0.5) is 0 Å². The minimum Gasteiger partial charge on any atom is -0.345 e. The van der Waals surface area contributed by atoms with Crippen LogP contribution in [-0.4, -0.2) is 5.91 Å². The van der Waals surface area contributed by atoms with E-state index in [1.54, 1.807) is 24.3 Å². The fourth-order valence-electron chi connectivity index (χ4n) is 2.07. The number of rotatable bonds is 4. The van der Waals surface area contributed by atoms with Crippen molar-refractivity contribution >= 4 is 12.0 Å². The van der Waals surface area contributed by atoms with Crippen LogP contribution in [0.5, 0.6) is 0 Å². The number of amides is 1. The molecule has 2 aromatic rings. The van der Waals surface area contributed by atoms with Gasteiger partial charge in [0.25, 0.3) is 5.91 Å². The third kappa shape index (κ3) is 4.30. The summed E-state index contributed by atoms with van der Waals surface area (Å²) in [6.45, 7) is 1.87. The van der Waals surface area contributed by atoms with E-state index >= 15 is 0 Å². The molecule has 0 bridgehead atoms. The van der Waals surface area contributed by atoms with Gasteiger partial charge in [0.05, 0.1) is 17.7 Å². The lowest BCUT2D eigenvalue weighted by atomic mass is 10.1. The highest BCUT2D eigenvalue weighted by molar-refractivity contribution is 6.01. The van der Waals surface area contributed by atoms with Gasteiger partial charge in [-0.3, -0.25) is 4.79 Å². The minimum absolute atomic E-state index is 0.0255. The van der Waals surface area contributed by atoms with E-state index in [0.717, 1.165) is 5.56 Å². The van der Waals surface area contributed by atoms with Gasteiger partial charge < -0.3 is 5.32 Å². The summed E-state index contributed by atoms with van der Waals surface area (Å²) in [5, 5.41) is 20.8. The predicted octanol–water partition coefficient (Wildman–Crippen LogP) is 3.34. The third-order valence-corrected chi connectivity index (χ3v) is 3.36. The quantitative estimate of drug-likeness (QED) is 0.695. The maximum Gasteiger partial charge on any atom is 0.262 e. The van der Waals surface area contributed by atoms with Crippen molar-refractivity contribution in [1.82, 2.24) is 5.32 Å². The molecule has 1 amide bonds. The highest BCUT2D eigenvalue weighted by Gasteiger charge is 2.13. The normalized spacial score (nSPS) is 11.9. The van der Waals surface area contributed by atoms with Gasteiger partial charge in [-0.2, -0.15) is 10.5 Å². The molecule has 0 heterocycles. The van der Waals surface area contributed by atoms with Gasteiger partial charge in [0.1, 0.15) is 11.6 Å². The summed E-state index contributed by atoms with van der Waals surface area (Å²) in [6, 6.07) is 20.0. The summed E-state index contributed by atoms with van der Waals surface area (Å²) in [7, 11) is 0. The van der Waals surface area contributed by atoms with Crippen molar-refractivity contribution in [3.05, 3.63) is 76.9 Å². The van der Waals surface area contributed by atoms with E-state index in [0.29, 0.717) is 11.1 Å². The van der Waals surface area contributed by atoms with Crippen molar-refractivity contribution in [2.24, 2.45) is 0 Å². The Kier molecular flexibility index (Phi) is 5.28. The van der Waals surface area contributed by atoms with E-state index in [1.165, 1.54) is 6.08 Å². The first-order valence-corrected chi connectivity index (χ1v) is 7.12. The lowest BCUT2D eigenvalue weighted by Gasteiger charge is -2.13. The summed E-state index contributed by atoms with van der Waals surface area (Å²) in [4.78, 5) is 12.2. The molecule has 0 aromatic heterocycles. The highest BCUT2D eigenvalue weighted by Crippen LogP contribution is 2.13. The Bertz CT molecular complexity index is 793. The second kappa shape index (κ2) is 7.59. The lowest BCUT2D eigenvalue weighted by molar-refractivity contribution is -0.117. The number of carbonyl (C=O) groups is 1. The summed E-state index contributed by atoms with van der Waals surface area (Å²) in [6.07, 6.45) is 1.51. The molecule has 23 heavy (non-hydrogen) atoms. The highest BCUT2D eigenvalue weighted by atomic mass is 16.1. The molecule has 4 heteroatoms. The summed E-state index contributed by atoms with van der Waals surface area (Å²) < 4.78 is 0. The summed E-state index contributed by atoms with van der Waals surface area (Å²) >= 11 is 0. The zero-order valence-electron chi connectivity index (χ0n) is 12.7. The van der Waals surface area contributed by atoms with Gasteiger partial charge in [0, 0.05) is 0 Å². The number of nitriles is 2. The van der Waals surface area contributed by atoms with Gasteiger partial charge in [0.2, 0.25) is 0 Å². The number of nitrogens with zero attached hydrogens (tertiary/aromatic N) is 2. The van der Waals surface area contributed by atoms with Crippen LogP contribution < -0.4 is 5.32 Å². The standard InChI is InChI=1S/C19H15N3O/c1-14(17-5-3-2-4-6-17)22-19(23)18(13-21)11-15-7-9-16(12-20)10-8-15/h2-11,14H,1H3,(H,22,23)/b18-11+/t14-/m0/s1. The Balaban J connectivity index is 2.13. The molecule has 1 N–H and O–H groups in total. The van der Waals surface area contributed by atoms with Gasteiger partial charge in [-0.15, -0.1) is 0 Å². The van der Waals surface area contributed by atoms with E-state index < -0.39 is 5.91 Å². The second-order valence-corrected chi connectivity index (χ2v) is 5.01. The van der Waals surface area contributed by atoms with Gasteiger partial charge in [-0.25, -0.2) is 0 Å². The predicted molar refractivity (Wildman–Crippen MR) is 87.7 cm³/mol. The van der Waals surface area contributed by atoms with Crippen molar-refractivity contribution in [3.63, 3.8) is 0 Å². The van der Waals surface area contributed by atoms with Crippen LogP contribution >= 0.6 is 0 Å². The SMILES string of the molecule is C[C@H](NC(=O)/C(C#N)=C/c1ccc(C#N)cc1)c1ccccc1. The van der Waals surface area contributed by atoms with Crippen LogP contribution in [0.15, 0.2) is 60.2 Å². The molecule has 0 unspecified atom stereocenters. The molecule has 4 nitrogen and oxygen atoms in total. The maximum absolute atomic E-state index is 12.2. The van der Waals surface area contributed by atoms with Gasteiger partial charge >= 0.3 is 0 Å². The fraction of sp³-hybridized carbons (Fsp3) is 0.105. The van der Waals surface area contributed by atoms with Crippen LogP contribution in [-0.2, 0) is 4.79 Å². The van der Waals surface area contributed by atoms with Gasteiger partial charge in [0.15, 0.2) is 0 Å². The molecule has 0 saturated carbocycles. The van der Waals surface area contributed by atoms with Crippen LogP contribution in [0.1, 0.15) is 29.7 Å². The number of benzene rings is 2. The van der Waals surface area contributed by atoms with Gasteiger partial charge in [-0.05, 0) is 36.3 Å². The van der Waals surface area contributed by atoms with Crippen molar-refractivity contribution in [2.75, 3.05) is 0 Å². The van der Waals surface area contributed by atoms with Gasteiger partial charge in [-0.1, -0.05) is 42.5 Å². The zero-order chi connectivity index (χ0) is 16.7. The van der Waals surface area contributed by atoms with Crippen LogP contribution in [0.3, 0.4) is 0 Å². The molecule has 0 aliphatic heterocycles. The average Bonchev–Trinajstić information content (AvgIpc) is 2.60. The first-order valence-electron chi connectivity index (χ1n) is 7.12. The van der Waals surface area contributed by atoms with Crippen molar-refractivity contribution in [3.8, 4) is 12.1 Å². The molecule has 0 aliphatic rings. The zero-order valence-corrected chi connectivity index (χ0v) is 12.7. The summed E-state index contributed by atoms with van der Waals surface area (Å²) in [5.41, 5.74) is 2.22. The second-order valence-electron chi connectivity index (χ2n) is 5.01. The molecule has 2 rings (SSSR count). The van der Waals surface area contributed by atoms with E-state index in [-0.39, 0.29) is 11.6 Å². The Hall–Kier alpha value is -3.37. The lowest BCUT2D eigenvalue weighted by Crippen LogP contribution is -2.27. The molecule has 1 atom stereocenters. The molecular weight excluding hydrogens is 286 g/mol. The van der Waals surface area contributed by atoms with E-state index in [1.807, 2.05) is 49.4 Å². The smallest absolute Gasteiger partial charge is 0.262 e. The largest absolute Gasteiger partial charge is 0.345 e. The Morgan fingerprint density at radius 3 is 2.30 bits per heavy atom. The minimum atomic E-state index is -0.423. The first kappa shape index (κ1) is 16.0. The maximum atomic E-state index is 12.2. The number of hydrogen-bond acceptors (Lipinski definition) is 3. The van der Waals surface area contributed by atoms with Crippen LogP contribution in [0.25, 0.3) is 6.08 Å². The van der Waals surface area contributed by atoms with Crippen LogP contribution in [0, 0.1) is 22.7 Å². The van der Waals surface area contributed by atoms with E-state index in [9.17, 15) is 10.1 Å². The van der Waals surface area contributed by atoms with Crippen molar-refractivity contribution in [1.29, 1.82) is 10.5 Å². The molecule has 2 aromatic carbocycles. The molecule has 0 aliphatic carbocycles. The van der Waals surface area contributed by atoms with Crippen molar-refractivity contribution in [2.45, 2.75) is 13.0 Å². The van der Waals surface area contributed by atoms with Crippen LogP contribution in [0.2, 0.25) is 0 Å². The molecule has 0 spiro atoms. The monoisotopic (exact) mass is 301 g/mol. The third-order valence-electron chi connectivity index (χ3n) is 3.36. The molecule has 0 saturated heterocycles. The average molecular weight is 301 g/mol. The number of carbonyl (C=O) groups excluding carboxylic acids is 1. The molecule has 0 fully saturated rings. The molecular formula is C19H15N3O. The Labute approximate surface area is 135 Å². The Morgan fingerprint density at radius 1 is 1.09 bits per heavy atom.